The fourth-order valence-electron chi connectivity index (χ4n) is 14.4. The Balaban J connectivity index is 0.736. The van der Waals surface area contributed by atoms with Crippen LogP contribution in [-0.2, 0) is 0 Å². The van der Waals surface area contributed by atoms with Gasteiger partial charge in [0.2, 0.25) is 0 Å². The molecule has 408 valence electrons. The molecule has 6 unspecified atom stereocenters. The van der Waals surface area contributed by atoms with E-state index in [2.05, 4.69) is 278 Å². The van der Waals surface area contributed by atoms with Crippen LogP contribution >= 0.6 is 11.7 Å². The third kappa shape index (κ3) is 10.8. The van der Waals surface area contributed by atoms with Crippen LogP contribution in [0, 0.1) is 11.8 Å². The zero-order valence-corrected chi connectivity index (χ0v) is 48.2. The second-order valence-electron chi connectivity index (χ2n) is 23.4. The lowest BCUT2D eigenvalue weighted by atomic mass is 9.68. The Hall–Kier alpha value is -8.64. The van der Waals surface area contributed by atoms with Crippen molar-refractivity contribution in [2.24, 2.45) is 11.8 Å². The van der Waals surface area contributed by atoms with Crippen LogP contribution < -0.4 is 9.80 Å². The zero-order chi connectivity index (χ0) is 55.5. The normalized spacial score (nSPS) is 18.6. The number of para-hydroxylation sites is 1. The maximum atomic E-state index is 5.07. The Kier molecular flexibility index (Phi) is 15.0. The van der Waals surface area contributed by atoms with Gasteiger partial charge in [0, 0.05) is 47.0 Å². The molecule has 10 aromatic carbocycles. The average molecular weight is 1100 g/mol. The van der Waals surface area contributed by atoms with E-state index in [1.54, 1.807) is 0 Å². The summed E-state index contributed by atoms with van der Waals surface area (Å²) < 4.78 is 10.1. The first-order chi connectivity index (χ1) is 41.1. The van der Waals surface area contributed by atoms with E-state index in [1.807, 2.05) is 0 Å². The Bertz CT molecular complexity index is 3930. The molecule has 0 amide bonds. The van der Waals surface area contributed by atoms with Crippen molar-refractivity contribution in [2.45, 2.75) is 82.1 Å². The van der Waals surface area contributed by atoms with E-state index in [-0.39, 0.29) is 0 Å². The molecule has 2 heterocycles. The van der Waals surface area contributed by atoms with Crippen molar-refractivity contribution >= 4 is 45.5 Å². The summed E-state index contributed by atoms with van der Waals surface area (Å²) >= 11 is 1.31. The van der Waals surface area contributed by atoms with Crippen LogP contribution in [-0.4, -0.2) is 21.3 Å². The topological polar surface area (TPSA) is 32.3 Å². The Morgan fingerprint density at radius 1 is 0.506 bits per heavy atom. The molecule has 0 saturated heterocycles. The van der Waals surface area contributed by atoms with Gasteiger partial charge in [0.05, 0.1) is 17.4 Å². The highest BCUT2D eigenvalue weighted by atomic mass is 32.1. The molecule has 1 aromatic heterocycles. The summed E-state index contributed by atoms with van der Waals surface area (Å²) in [6.45, 7) is 3.21. The molecular formula is C78H70N4S. The van der Waals surface area contributed by atoms with Crippen molar-refractivity contribution in [3.8, 4) is 55.6 Å². The van der Waals surface area contributed by atoms with E-state index >= 15 is 0 Å². The van der Waals surface area contributed by atoms with Gasteiger partial charge >= 0.3 is 0 Å². The molecule has 6 atom stereocenters. The van der Waals surface area contributed by atoms with Gasteiger partial charge in [0.15, 0.2) is 0 Å². The number of aromatic nitrogens is 2. The molecule has 0 bridgehead atoms. The number of hydrogen-bond donors (Lipinski definition) is 0. The number of anilines is 4. The highest BCUT2D eigenvalue weighted by Gasteiger charge is 2.44. The van der Waals surface area contributed by atoms with E-state index in [0.29, 0.717) is 35.6 Å². The molecule has 0 N–H and O–H groups in total. The van der Waals surface area contributed by atoms with Gasteiger partial charge in [-0.1, -0.05) is 213 Å². The number of nitrogens with zero attached hydrogens (tertiary/aromatic N) is 4. The Morgan fingerprint density at radius 2 is 1.08 bits per heavy atom. The fourth-order valence-corrected chi connectivity index (χ4v) is 14.9. The number of allylic oxidation sites excluding steroid dienone is 2. The molecule has 4 nitrogen and oxygen atoms in total. The molecule has 11 aromatic rings. The molecule has 1 saturated carbocycles. The van der Waals surface area contributed by atoms with Crippen molar-refractivity contribution in [3.63, 3.8) is 0 Å². The third-order valence-electron chi connectivity index (χ3n) is 18.7. The summed E-state index contributed by atoms with van der Waals surface area (Å²) in [5, 5.41) is 0. The van der Waals surface area contributed by atoms with E-state index in [4.69, 9.17) is 8.75 Å². The molecule has 1 fully saturated rings. The molecule has 2 aliphatic carbocycles. The molecule has 5 heteroatoms. The van der Waals surface area contributed by atoms with Gasteiger partial charge in [-0.2, -0.15) is 8.75 Å². The molecule has 14 rings (SSSR count). The van der Waals surface area contributed by atoms with Gasteiger partial charge in [-0.3, -0.25) is 0 Å². The van der Waals surface area contributed by atoms with Crippen LogP contribution in [0.4, 0.5) is 22.7 Å². The van der Waals surface area contributed by atoms with E-state index in [9.17, 15) is 0 Å². The van der Waals surface area contributed by atoms with Gasteiger partial charge in [-0.25, -0.2) is 0 Å². The molecule has 0 spiro atoms. The summed E-state index contributed by atoms with van der Waals surface area (Å²) in [6.07, 6.45) is 14.4. The van der Waals surface area contributed by atoms with E-state index < -0.39 is 0 Å². The minimum absolute atomic E-state index is 0.406. The van der Waals surface area contributed by atoms with Gasteiger partial charge in [0.1, 0.15) is 11.0 Å². The lowest BCUT2D eigenvalue weighted by Crippen LogP contribution is -2.36. The lowest BCUT2D eigenvalue weighted by Gasteiger charge is -2.40. The summed E-state index contributed by atoms with van der Waals surface area (Å²) in [5.74, 6) is 2.69. The quantitative estimate of drug-likeness (QED) is 0.0903. The van der Waals surface area contributed by atoms with Crippen molar-refractivity contribution in [2.75, 3.05) is 16.3 Å². The minimum atomic E-state index is 0.406. The van der Waals surface area contributed by atoms with Crippen molar-refractivity contribution in [1.82, 2.24) is 8.75 Å². The summed E-state index contributed by atoms with van der Waals surface area (Å²) in [6, 6.07) is 92.5. The molecule has 0 radical (unpaired) electrons. The van der Waals surface area contributed by atoms with Crippen LogP contribution in [0.1, 0.15) is 92.7 Å². The predicted molar refractivity (Wildman–Crippen MR) is 350 cm³/mol. The fraction of sp³-hybridized carbons (Fsp3) is 0.205. The van der Waals surface area contributed by atoms with Gasteiger partial charge < -0.3 is 9.80 Å². The third-order valence-corrected chi connectivity index (χ3v) is 19.2. The summed E-state index contributed by atoms with van der Waals surface area (Å²) in [7, 11) is 0. The monoisotopic (exact) mass is 1090 g/mol. The second kappa shape index (κ2) is 23.7. The van der Waals surface area contributed by atoms with Gasteiger partial charge in [-0.15, -0.1) is 0 Å². The maximum Gasteiger partial charge on any atom is 0.129 e. The second-order valence-corrected chi connectivity index (χ2v) is 24.0. The van der Waals surface area contributed by atoms with Crippen LogP contribution in [0.3, 0.4) is 0 Å². The smallest absolute Gasteiger partial charge is 0.129 e. The number of fused-ring (bicyclic) bond motifs is 4. The predicted octanol–water partition coefficient (Wildman–Crippen LogP) is 21.3. The molecule has 1 aliphatic heterocycles. The number of benzene rings is 10. The summed E-state index contributed by atoms with van der Waals surface area (Å²) in [5.41, 5.74) is 23.6. The van der Waals surface area contributed by atoms with Crippen molar-refractivity contribution in [3.05, 3.63) is 278 Å². The zero-order valence-electron chi connectivity index (χ0n) is 47.4. The SMILES string of the molecule is CCC(CCCN(c1ccccc1)c1ccc(-c2ccc(N3c4ccc(-c5ccc(-c6ccccc6)cc5)cc4C4CC(C5C=CC(c6ccccc6)CC5)CCC43)cc2)c2nsnc12)c1cc(-c2ccccc2)cc(-c2ccccc2)c1. The van der Waals surface area contributed by atoms with E-state index in [0.717, 1.165) is 53.7 Å². The summed E-state index contributed by atoms with van der Waals surface area (Å²) in [4.78, 5) is 5.18. The largest absolute Gasteiger partial charge is 0.340 e. The van der Waals surface area contributed by atoms with E-state index in [1.165, 1.54) is 122 Å². The Labute approximate surface area is 494 Å². The van der Waals surface area contributed by atoms with Crippen LogP contribution in [0.5, 0.6) is 0 Å². The standard InChI is InChI=1S/C78H70N4S/c1-2-54(66-49-67(57-23-12-5-13-24-57)51-68(50-66)58-25-14-6-15-26-58)27-18-48-81(69-28-16-7-17-29-69)76-47-44-71(77-78(76)80-83-79-77)63-38-42-70(43-39-63)82-74-45-40-64(61-34-30-59(31-35-61)55-19-8-3-9-20-55)52-72(74)73-53-65(41-46-75(73)82)62-36-32-60(33-37-62)56-21-10-4-11-22-56/h3-17,19-26,28-32,34-36,38-40,42-45,47,49-52,54,60,62,65,73,75H,2,18,27,33,37,41,46,48,53H2,1H3. The van der Waals surface area contributed by atoms with Crippen LogP contribution in [0.2, 0.25) is 0 Å². The molecule has 83 heavy (non-hydrogen) atoms. The van der Waals surface area contributed by atoms with Crippen molar-refractivity contribution in [1.29, 1.82) is 0 Å². The first-order valence-corrected chi connectivity index (χ1v) is 31.1. The number of hydrogen-bond acceptors (Lipinski definition) is 5. The molecular weight excluding hydrogens is 1020 g/mol. The van der Waals surface area contributed by atoms with Gasteiger partial charge in [0.25, 0.3) is 0 Å². The van der Waals surface area contributed by atoms with Crippen LogP contribution in [0.15, 0.2) is 261 Å². The number of rotatable bonds is 16. The average Bonchev–Trinajstić information content (AvgIpc) is 3.65. The maximum absolute atomic E-state index is 5.07. The highest BCUT2D eigenvalue weighted by molar-refractivity contribution is 7.00. The molecule has 3 aliphatic rings. The minimum Gasteiger partial charge on any atom is -0.340 e. The lowest BCUT2D eigenvalue weighted by molar-refractivity contribution is 0.230. The first kappa shape index (κ1) is 52.4. The highest BCUT2D eigenvalue weighted by Crippen LogP contribution is 2.55. The first-order valence-electron chi connectivity index (χ1n) is 30.4. The van der Waals surface area contributed by atoms with Crippen LogP contribution in [0.25, 0.3) is 66.7 Å². The van der Waals surface area contributed by atoms with Gasteiger partial charge in [-0.05, 0) is 190 Å². The van der Waals surface area contributed by atoms with Crippen molar-refractivity contribution < 1.29 is 0 Å². The Morgan fingerprint density at radius 3 is 1.72 bits per heavy atom.